The molecular weight excluding hydrogens is 312 g/mol. The molecule has 24 heavy (non-hydrogen) atoms. The van der Waals surface area contributed by atoms with Crippen LogP contribution in [0.3, 0.4) is 0 Å². The van der Waals surface area contributed by atoms with Crippen LogP contribution in [0.2, 0.25) is 0 Å². The van der Waals surface area contributed by atoms with E-state index in [1.165, 1.54) is 0 Å². The number of nitrogens with one attached hydrogen (secondary N) is 2. The molecule has 0 aliphatic carbocycles. The van der Waals surface area contributed by atoms with Crippen LogP contribution in [-0.4, -0.2) is 35.0 Å². The first kappa shape index (κ1) is 19.2. The third-order valence-corrected chi connectivity index (χ3v) is 2.82. The van der Waals surface area contributed by atoms with Crippen molar-refractivity contribution in [3.63, 3.8) is 0 Å². The van der Waals surface area contributed by atoms with E-state index in [-0.39, 0.29) is 12.1 Å². The molecule has 2 amide bonds. The number of ether oxygens (including phenoxy) is 1. The molecule has 0 aromatic heterocycles. The Labute approximate surface area is 140 Å². The van der Waals surface area contributed by atoms with Gasteiger partial charge in [-0.1, -0.05) is 30.3 Å². The summed E-state index contributed by atoms with van der Waals surface area (Å²) in [6, 6.07) is 8.08. The molecule has 1 atom stereocenters. The average Bonchev–Trinajstić information content (AvgIpc) is 2.51. The molecule has 0 fully saturated rings. The highest BCUT2D eigenvalue weighted by Gasteiger charge is 2.25. The Morgan fingerprint density at radius 1 is 1.25 bits per heavy atom. The smallest absolute Gasteiger partial charge is 0.408 e. The molecule has 7 nitrogen and oxygen atoms in total. The van der Waals surface area contributed by atoms with Gasteiger partial charge in [-0.3, -0.25) is 9.59 Å². The number of aliphatic hydroxyl groups is 1. The van der Waals surface area contributed by atoms with Gasteiger partial charge in [-0.15, -0.1) is 0 Å². The molecule has 1 rings (SSSR count). The van der Waals surface area contributed by atoms with Gasteiger partial charge in [0.2, 0.25) is 5.91 Å². The SMILES string of the molecule is CC(C)(C)OC(=O)N[C@H](Cc1ccccc1)C(=O)N/C(C=O)=C\O. The Bertz CT molecular complexity index is 605. The van der Waals surface area contributed by atoms with Crippen LogP contribution in [0.15, 0.2) is 42.3 Å². The zero-order chi connectivity index (χ0) is 18.2. The minimum absolute atomic E-state index is 0.198. The lowest BCUT2D eigenvalue weighted by Gasteiger charge is -2.23. The van der Waals surface area contributed by atoms with Gasteiger partial charge in [-0.2, -0.15) is 0 Å². The van der Waals surface area contributed by atoms with E-state index >= 15 is 0 Å². The van der Waals surface area contributed by atoms with E-state index in [9.17, 15) is 14.4 Å². The Morgan fingerprint density at radius 2 is 1.88 bits per heavy atom. The van der Waals surface area contributed by atoms with Crippen molar-refractivity contribution < 1.29 is 24.2 Å². The van der Waals surface area contributed by atoms with E-state index in [1.807, 2.05) is 18.2 Å². The van der Waals surface area contributed by atoms with Crippen molar-refractivity contribution in [1.82, 2.24) is 10.6 Å². The monoisotopic (exact) mass is 334 g/mol. The summed E-state index contributed by atoms with van der Waals surface area (Å²) < 4.78 is 5.15. The average molecular weight is 334 g/mol. The zero-order valence-corrected chi connectivity index (χ0v) is 13.9. The van der Waals surface area contributed by atoms with Gasteiger partial charge in [0.25, 0.3) is 0 Å². The number of amides is 2. The topological polar surface area (TPSA) is 105 Å². The van der Waals surface area contributed by atoms with Crippen LogP contribution in [0.1, 0.15) is 26.3 Å². The highest BCUT2D eigenvalue weighted by molar-refractivity contribution is 5.91. The minimum Gasteiger partial charge on any atom is -0.513 e. The number of rotatable bonds is 6. The maximum Gasteiger partial charge on any atom is 0.408 e. The van der Waals surface area contributed by atoms with E-state index in [1.54, 1.807) is 32.9 Å². The zero-order valence-electron chi connectivity index (χ0n) is 13.9. The molecule has 1 aromatic carbocycles. The number of allylic oxidation sites excluding steroid dienone is 1. The first-order chi connectivity index (χ1) is 11.2. The lowest BCUT2D eigenvalue weighted by Crippen LogP contribution is -2.49. The first-order valence-corrected chi connectivity index (χ1v) is 7.39. The molecule has 3 N–H and O–H groups in total. The van der Waals surface area contributed by atoms with Crippen LogP contribution in [0.25, 0.3) is 0 Å². The van der Waals surface area contributed by atoms with Crippen LogP contribution in [0, 0.1) is 0 Å². The molecule has 1 aromatic rings. The molecule has 0 radical (unpaired) electrons. The number of hydrogen-bond acceptors (Lipinski definition) is 5. The highest BCUT2D eigenvalue weighted by Crippen LogP contribution is 2.09. The molecule has 0 unspecified atom stereocenters. The lowest BCUT2D eigenvalue weighted by atomic mass is 10.1. The Kier molecular flexibility index (Phi) is 6.98. The number of hydrogen-bond donors (Lipinski definition) is 3. The second-order valence-electron chi connectivity index (χ2n) is 6.08. The quantitative estimate of drug-likeness (QED) is 0.418. The van der Waals surface area contributed by atoms with E-state index < -0.39 is 23.6 Å². The van der Waals surface area contributed by atoms with Gasteiger partial charge in [-0.25, -0.2) is 4.79 Å². The molecular formula is C17H22N2O5. The van der Waals surface area contributed by atoms with E-state index in [0.717, 1.165) is 5.56 Å². The largest absolute Gasteiger partial charge is 0.513 e. The van der Waals surface area contributed by atoms with Crippen LogP contribution in [0.4, 0.5) is 4.79 Å². The number of aliphatic hydroxyl groups excluding tert-OH is 1. The molecule has 0 aliphatic rings. The lowest BCUT2D eigenvalue weighted by molar-refractivity contribution is -0.123. The van der Waals surface area contributed by atoms with Crippen molar-refractivity contribution in [2.45, 2.75) is 38.8 Å². The Balaban J connectivity index is 2.88. The molecule has 0 bridgehead atoms. The fourth-order valence-corrected chi connectivity index (χ4v) is 1.83. The van der Waals surface area contributed by atoms with E-state index in [2.05, 4.69) is 10.6 Å². The van der Waals surface area contributed by atoms with Crippen molar-refractivity contribution in [3.05, 3.63) is 47.9 Å². The summed E-state index contributed by atoms with van der Waals surface area (Å²) in [5, 5.41) is 13.6. The van der Waals surface area contributed by atoms with Gasteiger partial charge < -0.3 is 20.5 Å². The predicted octanol–water partition coefficient (Wildman–Crippen LogP) is 1.84. The number of alkyl carbamates (subject to hydrolysis) is 1. The summed E-state index contributed by atoms with van der Waals surface area (Å²) >= 11 is 0. The standard InChI is InChI=1S/C17H22N2O5/c1-17(2,3)24-16(23)19-14(9-12-7-5-4-6-8-12)15(22)18-13(10-20)11-21/h4-8,10-11,14,20H,9H2,1-3H3,(H,18,22)(H,19,23)/b13-10-/t14-/m1/s1. The van der Waals surface area contributed by atoms with Gasteiger partial charge in [0.05, 0.1) is 0 Å². The van der Waals surface area contributed by atoms with Gasteiger partial charge in [0, 0.05) is 6.42 Å². The molecule has 130 valence electrons. The molecule has 0 spiro atoms. The third kappa shape index (κ3) is 6.95. The maximum atomic E-state index is 12.3. The van der Waals surface area contributed by atoms with Crippen LogP contribution in [0.5, 0.6) is 0 Å². The predicted molar refractivity (Wildman–Crippen MR) is 88.2 cm³/mol. The van der Waals surface area contributed by atoms with Crippen LogP contribution >= 0.6 is 0 Å². The molecule has 0 aliphatic heterocycles. The minimum atomic E-state index is -0.975. The summed E-state index contributed by atoms with van der Waals surface area (Å²) in [6.07, 6.45) is 0.228. The summed E-state index contributed by atoms with van der Waals surface area (Å²) in [5.41, 5.74) is -0.199. The second-order valence-corrected chi connectivity index (χ2v) is 6.08. The first-order valence-electron chi connectivity index (χ1n) is 7.39. The Hall–Kier alpha value is -2.83. The number of carbonyl (C=O) groups is 3. The number of carbonyl (C=O) groups excluding carboxylic acids is 3. The normalized spacial score (nSPS) is 12.9. The summed E-state index contributed by atoms with van der Waals surface area (Å²) in [6.45, 7) is 5.12. The third-order valence-electron chi connectivity index (χ3n) is 2.82. The fraction of sp³-hybridized carbons (Fsp3) is 0.353. The van der Waals surface area contributed by atoms with E-state index in [0.29, 0.717) is 12.5 Å². The van der Waals surface area contributed by atoms with Crippen molar-refractivity contribution in [2.75, 3.05) is 0 Å². The number of benzene rings is 1. The van der Waals surface area contributed by atoms with Crippen molar-refractivity contribution in [3.8, 4) is 0 Å². The number of aldehydes is 1. The fourth-order valence-electron chi connectivity index (χ4n) is 1.83. The molecule has 0 saturated heterocycles. The van der Waals surface area contributed by atoms with Crippen molar-refractivity contribution in [1.29, 1.82) is 0 Å². The Morgan fingerprint density at radius 3 is 2.38 bits per heavy atom. The molecule has 0 heterocycles. The second kappa shape index (κ2) is 8.71. The summed E-state index contributed by atoms with van der Waals surface area (Å²) in [4.78, 5) is 34.9. The molecule has 7 heteroatoms. The summed E-state index contributed by atoms with van der Waals surface area (Å²) in [5.74, 6) is -0.642. The van der Waals surface area contributed by atoms with E-state index in [4.69, 9.17) is 9.84 Å². The van der Waals surface area contributed by atoms with Gasteiger partial charge in [0.15, 0.2) is 6.29 Å². The highest BCUT2D eigenvalue weighted by atomic mass is 16.6. The van der Waals surface area contributed by atoms with Gasteiger partial charge >= 0.3 is 6.09 Å². The van der Waals surface area contributed by atoms with Crippen LogP contribution in [-0.2, 0) is 20.7 Å². The van der Waals surface area contributed by atoms with Gasteiger partial charge in [0.1, 0.15) is 23.6 Å². The molecule has 0 saturated carbocycles. The maximum absolute atomic E-state index is 12.3. The summed E-state index contributed by atoms with van der Waals surface area (Å²) in [7, 11) is 0. The van der Waals surface area contributed by atoms with Gasteiger partial charge in [-0.05, 0) is 26.3 Å². The van der Waals surface area contributed by atoms with Crippen LogP contribution < -0.4 is 10.6 Å². The van der Waals surface area contributed by atoms with Crippen molar-refractivity contribution >= 4 is 18.3 Å². The van der Waals surface area contributed by atoms with Crippen molar-refractivity contribution in [2.24, 2.45) is 0 Å².